The van der Waals surface area contributed by atoms with E-state index in [1.165, 1.54) is 4.90 Å². The molecule has 0 atom stereocenters. The third-order valence-electron chi connectivity index (χ3n) is 5.69. The first-order chi connectivity index (χ1) is 15.5. The molecule has 1 heterocycles. The lowest BCUT2D eigenvalue weighted by Crippen LogP contribution is -2.41. The number of rotatable bonds is 5. The highest BCUT2D eigenvalue weighted by Gasteiger charge is 2.38. The average Bonchev–Trinajstić information content (AvgIpc) is 3.06. The number of nitrogens with zero attached hydrogens (tertiary/aromatic N) is 2. The first-order valence-corrected chi connectivity index (χ1v) is 11.2. The quantitative estimate of drug-likeness (QED) is 0.451. The van der Waals surface area contributed by atoms with Crippen LogP contribution in [0, 0.1) is 11.3 Å². The SMILES string of the molecule is N#Cc1ccccc1COc1c(Cl)cc(/C=C2\NC(=O)N(C3CCCCC3)C2=O)cc1Cl. The molecule has 1 aliphatic carbocycles. The highest BCUT2D eigenvalue weighted by molar-refractivity contribution is 6.37. The third-order valence-corrected chi connectivity index (χ3v) is 6.25. The topological polar surface area (TPSA) is 82.4 Å². The van der Waals surface area contributed by atoms with Crippen molar-refractivity contribution in [3.8, 4) is 11.8 Å². The van der Waals surface area contributed by atoms with E-state index < -0.39 is 0 Å². The van der Waals surface area contributed by atoms with E-state index in [1.54, 1.807) is 36.4 Å². The van der Waals surface area contributed by atoms with Crippen LogP contribution in [0.4, 0.5) is 4.79 Å². The molecule has 1 N–H and O–H groups in total. The molecule has 2 aliphatic rings. The van der Waals surface area contributed by atoms with Gasteiger partial charge in [-0.2, -0.15) is 5.26 Å². The van der Waals surface area contributed by atoms with E-state index in [1.807, 2.05) is 6.07 Å². The summed E-state index contributed by atoms with van der Waals surface area (Å²) in [7, 11) is 0. The summed E-state index contributed by atoms with van der Waals surface area (Å²) in [5, 5.41) is 12.4. The smallest absolute Gasteiger partial charge is 0.329 e. The van der Waals surface area contributed by atoms with Gasteiger partial charge in [0, 0.05) is 11.6 Å². The van der Waals surface area contributed by atoms with Crippen molar-refractivity contribution in [2.24, 2.45) is 0 Å². The maximum atomic E-state index is 12.8. The number of imide groups is 1. The lowest BCUT2D eigenvalue weighted by atomic mass is 9.94. The van der Waals surface area contributed by atoms with E-state index in [0.29, 0.717) is 11.1 Å². The van der Waals surface area contributed by atoms with Crippen molar-refractivity contribution in [1.82, 2.24) is 10.2 Å². The number of carbonyl (C=O) groups is 2. The van der Waals surface area contributed by atoms with Gasteiger partial charge < -0.3 is 10.1 Å². The van der Waals surface area contributed by atoms with Crippen molar-refractivity contribution in [2.75, 3.05) is 0 Å². The van der Waals surface area contributed by atoms with Gasteiger partial charge in [-0.1, -0.05) is 60.7 Å². The van der Waals surface area contributed by atoms with Gasteiger partial charge in [0.15, 0.2) is 5.75 Å². The number of hydrogen-bond donors (Lipinski definition) is 1. The molecular formula is C24H21Cl2N3O3. The van der Waals surface area contributed by atoms with Crippen molar-refractivity contribution in [3.63, 3.8) is 0 Å². The Morgan fingerprint density at radius 2 is 1.81 bits per heavy atom. The molecule has 32 heavy (non-hydrogen) atoms. The summed E-state index contributed by atoms with van der Waals surface area (Å²) in [6.45, 7) is 0.133. The average molecular weight is 470 g/mol. The van der Waals surface area contributed by atoms with Gasteiger partial charge in [0.1, 0.15) is 12.3 Å². The molecule has 0 aromatic heterocycles. The molecule has 164 valence electrons. The van der Waals surface area contributed by atoms with E-state index in [0.717, 1.165) is 37.7 Å². The lowest BCUT2D eigenvalue weighted by molar-refractivity contribution is -0.124. The van der Waals surface area contributed by atoms with E-state index in [9.17, 15) is 14.9 Å². The van der Waals surface area contributed by atoms with Crippen LogP contribution in [0.2, 0.25) is 10.0 Å². The second-order valence-electron chi connectivity index (χ2n) is 7.83. The Morgan fingerprint density at radius 3 is 2.50 bits per heavy atom. The fraction of sp³-hybridized carbons (Fsp3) is 0.292. The molecule has 2 aromatic carbocycles. The molecule has 2 fully saturated rings. The lowest BCUT2D eigenvalue weighted by Gasteiger charge is -2.28. The van der Waals surface area contributed by atoms with Crippen LogP contribution >= 0.6 is 23.2 Å². The minimum atomic E-state index is -0.388. The number of urea groups is 1. The summed E-state index contributed by atoms with van der Waals surface area (Å²) in [4.78, 5) is 26.6. The maximum absolute atomic E-state index is 12.8. The molecule has 1 aliphatic heterocycles. The minimum absolute atomic E-state index is 0.0543. The summed E-state index contributed by atoms with van der Waals surface area (Å²) in [6.07, 6.45) is 6.42. The summed E-state index contributed by atoms with van der Waals surface area (Å²) < 4.78 is 5.78. The number of benzene rings is 2. The minimum Gasteiger partial charge on any atom is -0.486 e. The molecule has 0 spiro atoms. The first kappa shape index (κ1) is 22.2. The van der Waals surface area contributed by atoms with Crippen LogP contribution in [-0.4, -0.2) is 22.9 Å². The molecule has 3 amide bonds. The van der Waals surface area contributed by atoms with E-state index >= 15 is 0 Å². The standard InChI is InChI=1S/C24H21Cl2N3O3/c25-19-10-15(11-20(26)22(19)32-14-17-7-5-4-6-16(17)13-27)12-21-23(30)29(24(31)28-21)18-8-2-1-3-9-18/h4-7,10-12,18H,1-3,8-9,14H2,(H,28,31)/b21-12-. The van der Waals surface area contributed by atoms with Crippen molar-refractivity contribution >= 4 is 41.2 Å². The Hall–Kier alpha value is -3.01. The van der Waals surface area contributed by atoms with Gasteiger partial charge in [0.25, 0.3) is 5.91 Å². The Morgan fingerprint density at radius 1 is 1.12 bits per heavy atom. The normalized spacial score (nSPS) is 18.0. The fourth-order valence-corrected chi connectivity index (χ4v) is 4.71. The zero-order valence-electron chi connectivity index (χ0n) is 17.2. The Balaban J connectivity index is 1.52. The molecule has 4 rings (SSSR count). The molecule has 0 bridgehead atoms. The number of halogens is 2. The number of hydrogen-bond acceptors (Lipinski definition) is 4. The highest BCUT2D eigenvalue weighted by Crippen LogP contribution is 2.36. The predicted molar refractivity (Wildman–Crippen MR) is 122 cm³/mol. The van der Waals surface area contributed by atoms with Gasteiger partial charge in [-0.05, 0) is 42.7 Å². The number of nitriles is 1. The number of ether oxygens (including phenoxy) is 1. The Labute approximate surface area is 196 Å². The Bertz CT molecular complexity index is 1110. The first-order valence-electron chi connectivity index (χ1n) is 10.4. The molecule has 1 saturated carbocycles. The van der Waals surface area contributed by atoms with Crippen LogP contribution in [0.5, 0.6) is 5.75 Å². The summed E-state index contributed by atoms with van der Waals surface area (Å²) in [6, 6.07) is 12.0. The van der Waals surface area contributed by atoms with Gasteiger partial charge in [0.05, 0.1) is 21.7 Å². The van der Waals surface area contributed by atoms with E-state index in [2.05, 4.69) is 11.4 Å². The van der Waals surface area contributed by atoms with Gasteiger partial charge in [-0.15, -0.1) is 0 Å². The van der Waals surface area contributed by atoms with Crippen molar-refractivity contribution in [3.05, 3.63) is 68.8 Å². The van der Waals surface area contributed by atoms with Crippen molar-refractivity contribution in [1.29, 1.82) is 5.26 Å². The van der Waals surface area contributed by atoms with Crippen LogP contribution in [0.3, 0.4) is 0 Å². The molecule has 1 saturated heterocycles. The van der Waals surface area contributed by atoms with Gasteiger partial charge in [-0.3, -0.25) is 9.69 Å². The second-order valence-corrected chi connectivity index (χ2v) is 8.64. The Kier molecular flexibility index (Phi) is 6.69. The van der Waals surface area contributed by atoms with Crippen LogP contribution in [0.25, 0.3) is 6.08 Å². The maximum Gasteiger partial charge on any atom is 0.329 e. The van der Waals surface area contributed by atoms with Crippen molar-refractivity contribution < 1.29 is 14.3 Å². The van der Waals surface area contributed by atoms with Crippen LogP contribution in [0.1, 0.15) is 48.8 Å². The zero-order chi connectivity index (χ0) is 22.7. The van der Waals surface area contributed by atoms with Gasteiger partial charge in [0.2, 0.25) is 0 Å². The molecule has 6 nitrogen and oxygen atoms in total. The predicted octanol–water partition coefficient (Wildman–Crippen LogP) is 5.67. The number of carbonyl (C=O) groups excluding carboxylic acids is 2. The molecule has 8 heteroatoms. The zero-order valence-corrected chi connectivity index (χ0v) is 18.7. The van der Waals surface area contributed by atoms with E-state index in [4.69, 9.17) is 27.9 Å². The molecular weight excluding hydrogens is 449 g/mol. The molecule has 2 aromatic rings. The monoisotopic (exact) mass is 469 g/mol. The van der Waals surface area contributed by atoms with Crippen LogP contribution < -0.4 is 10.1 Å². The van der Waals surface area contributed by atoms with E-state index in [-0.39, 0.29) is 46.1 Å². The van der Waals surface area contributed by atoms with Gasteiger partial charge in [-0.25, -0.2) is 4.79 Å². The second kappa shape index (κ2) is 9.64. The van der Waals surface area contributed by atoms with Gasteiger partial charge >= 0.3 is 6.03 Å². The largest absolute Gasteiger partial charge is 0.486 e. The summed E-state index contributed by atoms with van der Waals surface area (Å²) in [5.74, 6) is -0.0450. The molecule has 0 radical (unpaired) electrons. The fourth-order valence-electron chi connectivity index (χ4n) is 4.09. The number of amides is 3. The van der Waals surface area contributed by atoms with Crippen molar-refractivity contribution in [2.45, 2.75) is 44.8 Å². The molecule has 0 unspecified atom stereocenters. The highest BCUT2D eigenvalue weighted by atomic mass is 35.5. The van der Waals surface area contributed by atoms with Crippen LogP contribution in [-0.2, 0) is 11.4 Å². The summed E-state index contributed by atoms with van der Waals surface area (Å²) >= 11 is 12.8. The van der Waals surface area contributed by atoms with Crippen LogP contribution in [0.15, 0.2) is 42.1 Å². The summed E-state index contributed by atoms with van der Waals surface area (Å²) in [5.41, 5.74) is 2.00. The third kappa shape index (κ3) is 4.59. The number of nitrogens with one attached hydrogen (secondary N) is 1.